The highest BCUT2D eigenvalue weighted by Gasteiger charge is 2.20. The van der Waals surface area contributed by atoms with Gasteiger partial charge in [-0.15, -0.1) is 0 Å². The van der Waals surface area contributed by atoms with Crippen LogP contribution in [0.15, 0.2) is 185 Å². The molecular formula is C51H29N3O2. The lowest BCUT2D eigenvalue weighted by molar-refractivity contribution is 0.668. The zero-order chi connectivity index (χ0) is 36.7. The minimum absolute atomic E-state index is 0.571. The van der Waals surface area contributed by atoms with Crippen LogP contribution in [0.25, 0.3) is 121 Å². The molecule has 0 aliphatic rings. The molecule has 5 heteroatoms. The highest BCUT2D eigenvalue weighted by molar-refractivity contribution is 6.18. The molecule has 56 heavy (non-hydrogen) atoms. The van der Waals surface area contributed by atoms with Crippen molar-refractivity contribution in [3.63, 3.8) is 0 Å². The van der Waals surface area contributed by atoms with Crippen molar-refractivity contribution < 1.29 is 8.83 Å². The number of para-hydroxylation sites is 2. The maximum absolute atomic E-state index is 6.30. The highest BCUT2D eigenvalue weighted by atomic mass is 16.3. The first-order valence-corrected chi connectivity index (χ1v) is 18.8. The van der Waals surface area contributed by atoms with Gasteiger partial charge in [-0.3, -0.25) is 0 Å². The van der Waals surface area contributed by atoms with Crippen LogP contribution in [0.2, 0.25) is 0 Å². The molecule has 12 aromatic rings. The first-order chi connectivity index (χ1) is 27.7. The SMILES string of the molecule is c1cc(-c2ccc3ccc4c5ccccc5ccc4c3c2)cc(-c2nc(-c3cccc4oc5ccccc5c34)nc(-c3cccc4oc5ccccc5c34)n2)c1. The Kier molecular flexibility index (Phi) is 6.56. The van der Waals surface area contributed by atoms with Gasteiger partial charge < -0.3 is 8.83 Å². The molecule has 0 N–H and O–H groups in total. The molecule has 9 aromatic carbocycles. The lowest BCUT2D eigenvalue weighted by atomic mass is 9.94. The Balaban J connectivity index is 1.07. The molecule has 260 valence electrons. The van der Waals surface area contributed by atoms with Crippen molar-refractivity contribution in [2.45, 2.75) is 0 Å². The molecule has 0 spiro atoms. The van der Waals surface area contributed by atoms with Crippen LogP contribution in [0.4, 0.5) is 0 Å². The normalized spacial score (nSPS) is 11.9. The summed E-state index contributed by atoms with van der Waals surface area (Å²) < 4.78 is 12.6. The van der Waals surface area contributed by atoms with Gasteiger partial charge in [0.05, 0.1) is 0 Å². The van der Waals surface area contributed by atoms with E-state index in [2.05, 4.69) is 115 Å². The van der Waals surface area contributed by atoms with E-state index in [1.807, 2.05) is 60.7 Å². The average Bonchev–Trinajstić information content (AvgIpc) is 3.85. The van der Waals surface area contributed by atoms with Gasteiger partial charge in [0.1, 0.15) is 22.3 Å². The number of nitrogens with zero attached hydrogens (tertiary/aromatic N) is 3. The third-order valence-electron chi connectivity index (χ3n) is 11.1. The van der Waals surface area contributed by atoms with Gasteiger partial charge in [-0.05, 0) is 79.8 Å². The van der Waals surface area contributed by atoms with E-state index in [9.17, 15) is 0 Å². The Morgan fingerprint density at radius 3 is 1.45 bits per heavy atom. The van der Waals surface area contributed by atoms with Gasteiger partial charge in [0.2, 0.25) is 0 Å². The fraction of sp³-hybridized carbons (Fsp3) is 0. The monoisotopic (exact) mass is 715 g/mol. The molecule has 3 heterocycles. The second-order valence-electron chi connectivity index (χ2n) is 14.3. The Labute approximate surface area is 320 Å². The van der Waals surface area contributed by atoms with Crippen LogP contribution in [0.5, 0.6) is 0 Å². The lowest BCUT2D eigenvalue weighted by Gasteiger charge is -2.12. The first-order valence-electron chi connectivity index (χ1n) is 18.8. The highest BCUT2D eigenvalue weighted by Crippen LogP contribution is 2.40. The number of hydrogen-bond acceptors (Lipinski definition) is 5. The van der Waals surface area contributed by atoms with Crippen LogP contribution in [0.3, 0.4) is 0 Å². The molecule has 0 fully saturated rings. The van der Waals surface area contributed by atoms with Crippen LogP contribution >= 0.6 is 0 Å². The summed E-state index contributed by atoms with van der Waals surface area (Å²) in [5.74, 6) is 1.72. The molecule has 0 radical (unpaired) electrons. The molecule has 0 atom stereocenters. The number of hydrogen-bond donors (Lipinski definition) is 0. The van der Waals surface area contributed by atoms with Gasteiger partial charge in [-0.25, -0.2) is 15.0 Å². The fourth-order valence-electron chi connectivity index (χ4n) is 8.50. The summed E-state index contributed by atoms with van der Waals surface area (Å²) in [5, 5.41) is 11.4. The van der Waals surface area contributed by atoms with Crippen LogP contribution in [-0.2, 0) is 0 Å². The summed E-state index contributed by atoms with van der Waals surface area (Å²) in [6, 6.07) is 61.1. The quantitative estimate of drug-likeness (QED) is 0.170. The van der Waals surface area contributed by atoms with Crippen molar-refractivity contribution in [1.82, 2.24) is 15.0 Å². The molecular weight excluding hydrogens is 687 g/mol. The molecule has 0 bridgehead atoms. The molecule has 12 rings (SSSR count). The predicted molar refractivity (Wildman–Crippen MR) is 229 cm³/mol. The molecule has 0 unspecified atom stereocenters. The smallest absolute Gasteiger partial charge is 0.164 e. The maximum atomic E-state index is 6.30. The Bertz CT molecular complexity index is 3430. The predicted octanol–water partition coefficient (Wildman–Crippen LogP) is 13.8. The Morgan fingerprint density at radius 2 is 0.768 bits per heavy atom. The number of fused-ring (bicyclic) bond motifs is 11. The van der Waals surface area contributed by atoms with Crippen molar-refractivity contribution in [2.75, 3.05) is 0 Å². The van der Waals surface area contributed by atoms with Gasteiger partial charge in [0, 0.05) is 38.2 Å². The van der Waals surface area contributed by atoms with E-state index < -0.39 is 0 Å². The Morgan fingerprint density at radius 1 is 0.286 bits per heavy atom. The second kappa shape index (κ2) is 11.9. The third-order valence-corrected chi connectivity index (χ3v) is 11.1. The van der Waals surface area contributed by atoms with E-state index in [0.717, 1.165) is 71.7 Å². The number of aromatic nitrogens is 3. The molecule has 0 aliphatic carbocycles. The molecule has 0 saturated carbocycles. The van der Waals surface area contributed by atoms with Crippen molar-refractivity contribution in [1.29, 1.82) is 0 Å². The minimum atomic E-state index is 0.571. The fourth-order valence-corrected chi connectivity index (χ4v) is 8.50. The van der Waals surface area contributed by atoms with E-state index in [1.54, 1.807) is 0 Å². The van der Waals surface area contributed by atoms with Crippen molar-refractivity contribution >= 4 is 76.2 Å². The maximum Gasteiger partial charge on any atom is 0.164 e. The van der Waals surface area contributed by atoms with Gasteiger partial charge >= 0.3 is 0 Å². The summed E-state index contributed by atoms with van der Waals surface area (Å²) in [6.45, 7) is 0. The van der Waals surface area contributed by atoms with E-state index >= 15 is 0 Å². The Hall–Kier alpha value is -7.63. The summed E-state index contributed by atoms with van der Waals surface area (Å²) in [6.07, 6.45) is 0. The van der Waals surface area contributed by atoms with Crippen LogP contribution in [0.1, 0.15) is 0 Å². The summed E-state index contributed by atoms with van der Waals surface area (Å²) in [5.41, 5.74) is 8.08. The van der Waals surface area contributed by atoms with E-state index in [0.29, 0.717) is 17.5 Å². The molecule has 0 amide bonds. The first kappa shape index (κ1) is 30.8. The summed E-state index contributed by atoms with van der Waals surface area (Å²) in [4.78, 5) is 15.7. The van der Waals surface area contributed by atoms with Crippen molar-refractivity contribution in [2.24, 2.45) is 0 Å². The molecule has 5 nitrogen and oxygen atoms in total. The third kappa shape index (κ3) is 4.71. The van der Waals surface area contributed by atoms with Gasteiger partial charge in [-0.2, -0.15) is 0 Å². The van der Waals surface area contributed by atoms with Crippen LogP contribution < -0.4 is 0 Å². The van der Waals surface area contributed by atoms with Crippen LogP contribution in [0, 0.1) is 0 Å². The largest absolute Gasteiger partial charge is 0.456 e. The summed E-state index contributed by atoms with van der Waals surface area (Å²) >= 11 is 0. The van der Waals surface area contributed by atoms with E-state index in [1.165, 1.54) is 32.3 Å². The summed E-state index contributed by atoms with van der Waals surface area (Å²) in [7, 11) is 0. The molecule has 3 aromatic heterocycles. The van der Waals surface area contributed by atoms with Gasteiger partial charge in [0.25, 0.3) is 0 Å². The molecule has 0 saturated heterocycles. The van der Waals surface area contributed by atoms with Gasteiger partial charge in [0.15, 0.2) is 17.5 Å². The molecule has 0 aliphatic heterocycles. The van der Waals surface area contributed by atoms with Gasteiger partial charge in [-0.1, -0.05) is 140 Å². The van der Waals surface area contributed by atoms with E-state index in [-0.39, 0.29) is 0 Å². The average molecular weight is 716 g/mol. The second-order valence-corrected chi connectivity index (χ2v) is 14.3. The van der Waals surface area contributed by atoms with Crippen LogP contribution in [-0.4, -0.2) is 15.0 Å². The van der Waals surface area contributed by atoms with Crippen molar-refractivity contribution in [3.05, 3.63) is 176 Å². The lowest BCUT2D eigenvalue weighted by Crippen LogP contribution is -2.01. The number of rotatable bonds is 4. The van der Waals surface area contributed by atoms with Crippen molar-refractivity contribution in [3.8, 4) is 45.3 Å². The number of furan rings is 2. The zero-order valence-corrected chi connectivity index (χ0v) is 29.9. The topological polar surface area (TPSA) is 65.0 Å². The zero-order valence-electron chi connectivity index (χ0n) is 29.9. The van der Waals surface area contributed by atoms with E-state index in [4.69, 9.17) is 23.8 Å². The number of benzene rings is 9. The minimum Gasteiger partial charge on any atom is -0.456 e. The standard InChI is InChI=1S/C51H29N3O2/c1-2-13-35-30(10-1)24-27-37-36(35)26-25-31-22-23-33(29-42(31)37)32-11-7-12-34(28-32)49-52-50(40-16-8-20-45-47(40)38-14-3-5-18-43(38)55-45)54-51(53-49)41-17-9-21-46-48(41)39-15-4-6-19-44(39)56-46/h1-29H.